The summed E-state index contributed by atoms with van der Waals surface area (Å²) in [7, 11) is 0. The fraction of sp³-hybridized carbons (Fsp3) is 0.417. The molecule has 1 aliphatic heterocycles. The topological polar surface area (TPSA) is 44.8 Å². The first kappa shape index (κ1) is 12.1. The molecule has 1 unspecified atom stereocenters. The number of carbonyl (C=O) groups is 1. The van der Waals surface area contributed by atoms with Gasteiger partial charge in [-0.05, 0) is 30.9 Å². The van der Waals surface area contributed by atoms with Crippen LogP contribution >= 0.6 is 11.8 Å². The number of hydrogen-bond donors (Lipinski definition) is 0. The summed E-state index contributed by atoms with van der Waals surface area (Å²) < 4.78 is 15.6. The van der Waals surface area contributed by atoms with E-state index >= 15 is 0 Å². The molecule has 0 aromatic heterocycles. The first-order chi connectivity index (χ1) is 8.26. The molecule has 5 heteroatoms. The molecule has 0 aliphatic carbocycles. The highest BCUT2D eigenvalue weighted by Gasteiger charge is 2.23. The van der Waals surface area contributed by atoms with E-state index in [4.69, 9.17) is 14.2 Å². The van der Waals surface area contributed by atoms with Crippen molar-refractivity contribution >= 4 is 17.7 Å². The lowest BCUT2D eigenvalue weighted by atomic mass is 10.1. The fourth-order valence-electron chi connectivity index (χ4n) is 1.66. The molecule has 92 valence electrons. The van der Waals surface area contributed by atoms with Gasteiger partial charge < -0.3 is 14.2 Å². The normalized spacial score (nSPS) is 14.5. The van der Waals surface area contributed by atoms with E-state index < -0.39 is 0 Å². The molecule has 0 N–H and O–H groups in total. The number of benzene rings is 1. The van der Waals surface area contributed by atoms with Crippen molar-refractivity contribution in [3.8, 4) is 11.5 Å². The van der Waals surface area contributed by atoms with Crippen LogP contribution in [0.1, 0.15) is 17.7 Å². The van der Waals surface area contributed by atoms with Crippen LogP contribution in [0.2, 0.25) is 0 Å². The number of hydrogen-bond acceptors (Lipinski definition) is 5. The molecule has 0 saturated heterocycles. The minimum Gasteiger partial charge on any atom is -0.465 e. The molecule has 1 aromatic carbocycles. The van der Waals surface area contributed by atoms with Crippen LogP contribution in [0, 0.1) is 0 Å². The Bertz CT molecular complexity index is 419. The van der Waals surface area contributed by atoms with Crippen LogP contribution in [0.15, 0.2) is 18.2 Å². The predicted molar refractivity (Wildman–Crippen MR) is 65.5 cm³/mol. The smallest absolute Gasteiger partial charge is 0.323 e. The second kappa shape index (κ2) is 5.31. The maximum atomic E-state index is 11.8. The van der Waals surface area contributed by atoms with Gasteiger partial charge in [0.05, 0.1) is 6.61 Å². The highest BCUT2D eigenvalue weighted by molar-refractivity contribution is 7.99. The maximum absolute atomic E-state index is 11.8. The summed E-state index contributed by atoms with van der Waals surface area (Å²) in [6.07, 6.45) is 1.88. The molecular weight excluding hydrogens is 240 g/mol. The number of carbonyl (C=O) groups excluding carboxylic acids is 1. The van der Waals surface area contributed by atoms with E-state index in [-0.39, 0.29) is 18.0 Å². The molecule has 1 atom stereocenters. The summed E-state index contributed by atoms with van der Waals surface area (Å²) in [5.74, 6) is 1.18. The Kier molecular flexibility index (Phi) is 3.78. The van der Waals surface area contributed by atoms with Crippen molar-refractivity contribution in [1.82, 2.24) is 0 Å². The standard InChI is InChI=1S/C12H14O4S/c1-3-14-12(13)11(17-2)8-4-5-9-10(6-8)16-7-15-9/h4-6,11H,3,7H2,1-2H3. The second-order valence-corrected chi connectivity index (χ2v) is 4.42. The number of fused-ring (bicyclic) bond motifs is 1. The van der Waals surface area contributed by atoms with Gasteiger partial charge in [-0.1, -0.05) is 6.07 Å². The lowest BCUT2D eigenvalue weighted by molar-refractivity contribution is -0.142. The molecule has 2 rings (SSSR count). The van der Waals surface area contributed by atoms with Gasteiger partial charge in [-0.25, -0.2) is 0 Å². The van der Waals surface area contributed by atoms with Crippen molar-refractivity contribution in [3.63, 3.8) is 0 Å². The van der Waals surface area contributed by atoms with E-state index in [1.54, 1.807) is 6.92 Å². The molecular formula is C12H14O4S. The zero-order valence-electron chi connectivity index (χ0n) is 9.76. The van der Waals surface area contributed by atoms with E-state index in [0.717, 1.165) is 11.3 Å². The lowest BCUT2D eigenvalue weighted by Crippen LogP contribution is -2.12. The van der Waals surface area contributed by atoms with Gasteiger partial charge in [0.25, 0.3) is 0 Å². The quantitative estimate of drug-likeness (QED) is 0.772. The van der Waals surface area contributed by atoms with Gasteiger partial charge in [-0.15, -0.1) is 11.8 Å². The highest BCUT2D eigenvalue weighted by Crippen LogP contribution is 2.37. The summed E-state index contributed by atoms with van der Waals surface area (Å²) >= 11 is 1.45. The molecule has 0 saturated carbocycles. The van der Waals surface area contributed by atoms with E-state index in [2.05, 4.69) is 0 Å². The van der Waals surface area contributed by atoms with Gasteiger partial charge in [-0.2, -0.15) is 0 Å². The summed E-state index contributed by atoms with van der Waals surface area (Å²) in [6.45, 7) is 2.43. The van der Waals surface area contributed by atoms with E-state index in [1.807, 2.05) is 24.5 Å². The predicted octanol–water partition coefficient (Wildman–Crippen LogP) is 2.38. The molecule has 1 aromatic rings. The monoisotopic (exact) mass is 254 g/mol. The Morgan fingerprint density at radius 2 is 2.24 bits per heavy atom. The van der Waals surface area contributed by atoms with E-state index in [1.165, 1.54) is 11.8 Å². The molecule has 0 radical (unpaired) electrons. The Morgan fingerprint density at radius 3 is 2.94 bits per heavy atom. The summed E-state index contributed by atoms with van der Waals surface area (Å²) in [6, 6.07) is 5.52. The average Bonchev–Trinajstić information content (AvgIpc) is 2.77. The van der Waals surface area contributed by atoms with Gasteiger partial charge in [0.2, 0.25) is 6.79 Å². The van der Waals surface area contributed by atoms with Crippen molar-refractivity contribution < 1.29 is 19.0 Å². The van der Waals surface area contributed by atoms with Gasteiger partial charge >= 0.3 is 5.97 Å². The van der Waals surface area contributed by atoms with Crippen LogP contribution in [-0.4, -0.2) is 25.6 Å². The van der Waals surface area contributed by atoms with Gasteiger partial charge in [0.15, 0.2) is 11.5 Å². The number of rotatable bonds is 4. The third kappa shape index (κ3) is 2.49. The number of thioether (sulfide) groups is 1. The van der Waals surface area contributed by atoms with Crippen molar-refractivity contribution in [1.29, 1.82) is 0 Å². The summed E-state index contributed by atoms with van der Waals surface area (Å²) in [4.78, 5) is 11.8. The van der Waals surface area contributed by atoms with Crippen molar-refractivity contribution in [2.24, 2.45) is 0 Å². The molecule has 0 spiro atoms. The molecule has 0 bridgehead atoms. The molecule has 1 aliphatic rings. The average molecular weight is 254 g/mol. The summed E-state index contributed by atoms with van der Waals surface area (Å²) in [5.41, 5.74) is 0.875. The SMILES string of the molecule is CCOC(=O)C(SC)c1ccc2c(c1)OCO2. The Balaban J connectivity index is 2.22. The number of ether oxygens (including phenoxy) is 3. The van der Waals surface area contributed by atoms with E-state index in [0.29, 0.717) is 12.4 Å². The van der Waals surface area contributed by atoms with Crippen molar-refractivity contribution in [2.45, 2.75) is 12.2 Å². The summed E-state index contributed by atoms with van der Waals surface area (Å²) in [5, 5.41) is -0.315. The minimum atomic E-state index is -0.315. The van der Waals surface area contributed by atoms with Crippen molar-refractivity contribution in [3.05, 3.63) is 23.8 Å². The molecule has 4 nitrogen and oxygen atoms in total. The lowest BCUT2D eigenvalue weighted by Gasteiger charge is -2.13. The zero-order valence-corrected chi connectivity index (χ0v) is 10.6. The van der Waals surface area contributed by atoms with Crippen LogP contribution in [-0.2, 0) is 9.53 Å². The second-order valence-electron chi connectivity index (χ2n) is 3.48. The first-order valence-electron chi connectivity index (χ1n) is 5.35. The minimum absolute atomic E-state index is 0.223. The van der Waals surface area contributed by atoms with Gasteiger partial charge in [-0.3, -0.25) is 4.79 Å². The zero-order chi connectivity index (χ0) is 12.3. The van der Waals surface area contributed by atoms with Gasteiger partial charge in [0.1, 0.15) is 5.25 Å². The molecule has 17 heavy (non-hydrogen) atoms. The van der Waals surface area contributed by atoms with Crippen LogP contribution in [0.3, 0.4) is 0 Å². The van der Waals surface area contributed by atoms with Crippen LogP contribution in [0.25, 0.3) is 0 Å². The Hall–Kier alpha value is -1.36. The first-order valence-corrected chi connectivity index (χ1v) is 6.64. The molecule has 0 amide bonds. The van der Waals surface area contributed by atoms with E-state index in [9.17, 15) is 4.79 Å². The third-order valence-electron chi connectivity index (χ3n) is 2.44. The van der Waals surface area contributed by atoms with Gasteiger partial charge in [0, 0.05) is 0 Å². The Labute approximate surface area is 104 Å². The fourth-order valence-corrected chi connectivity index (χ4v) is 2.34. The van der Waals surface area contributed by atoms with Crippen LogP contribution in [0.4, 0.5) is 0 Å². The molecule has 1 heterocycles. The largest absolute Gasteiger partial charge is 0.465 e. The highest BCUT2D eigenvalue weighted by atomic mass is 32.2. The van der Waals surface area contributed by atoms with Crippen molar-refractivity contribution in [2.75, 3.05) is 19.7 Å². The number of esters is 1. The maximum Gasteiger partial charge on any atom is 0.323 e. The molecule has 0 fully saturated rings. The Morgan fingerprint density at radius 1 is 1.47 bits per heavy atom. The third-order valence-corrected chi connectivity index (χ3v) is 3.37. The van der Waals surface area contributed by atoms with Crippen LogP contribution < -0.4 is 9.47 Å². The van der Waals surface area contributed by atoms with Crippen LogP contribution in [0.5, 0.6) is 11.5 Å².